The average molecular weight is 531 g/mol. The number of rotatable bonds is 7. The van der Waals surface area contributed by atoms with Gasteiger partial charge in [-0.05, 0) is 75.5 Å². The van der Waals surface area contributed by atoms with Crippen LogP contribution in [0, 0.1) is 5.82 Å². The maximum absolute atomic E-state index is 14.0. The van der Waals surface area contributed by atoms with Gasteiger partial charge in [-0.15, -0.1) is 5.10 Å². The fourth-order valence-corrected chi connectivity index (χ4v) is 4.78. The number of fused-ring (bicyclic) bond motifs is 2. The summed E-state index contributed by atoms with van der Waals surface area (Å²) in [6.45, 7) is 0.592. The number of carbonyl (C=O) groups is 2. The predicted octanol–water partition coefficient (Wildman–Crippen LogP) is 6.07. The number of hydrogen-bond acceptors (Lipinski definition) is 4. The standard InChI is InChI=1S/C32H23FN4O3/c33-27-7-3-6-25(15-27)26-16-28(31(38)34-18-20-8-12-23(13-9-20)32(39)40)30-29(17-26)35-36-37(30)19-21-10-11-22-4-1-2-5-24(22)14-21/h1-17H,18-19H2,(H,34,38)(H,39,40). The van der Waals surface area contributed by atoms with E-state index in [9.17, 15) is 14.0 Å². The van der Waals surface area contributed by atoms with Crippen molar-refractivity contribution in [1.82, 2.24) is 20.3 Å². The molecule has 0 unspecified atom stereocenters. The van der Waals surface area contributed by atoms with Crippen molar-refractivity contribution in [2.45, 2.75) is 13.1 Å². The third-order valence-corrected chi connectivity index (χ3v) is 6.81. The zero-order chi connectivity index (χ0) is 27.6. The maximum atomic E-state index is 14.0. The molecule has 7 nitrogen and oxygen atoms in total. The lowest BCUT2D eigenvalue weighted by atomic mass is 10.0. The Morgan fingerprint density at radius 1 is 0.800 bits per heavy atom. The van der Waals surface area contributed by atoms with Gasteiger partial charge in [-0.25, -0.2) is 13.9 Å². The number of carboxylic acids is 1. The topological polar surface area (TPSA) is 97.1 Å². The van der Waals surface area contributed by atoms with Crippen LogP contribution < -0.4 is 5.32 Å². The number of hydrogen-bond donors (Lipinski definition) is 2. The Kier molecular flexibility index (Phi) is 6.49. The number of carbonyl (C=O) groups excluding carboxylic acids is 1. The van der Waals surface area contributed by atoms with Gasteiger partial charge in [-0.1, -0.05) is 65.9 Å². The highest BCUT2D eigenvalue weighted by Gasteiger charge is 2.19. The van der Waals surface area contributed by atoms with Gasteiger partial charge in [0, 0.05) is 6.54 Å². The van der Waals surface area contributed by atoms with Crippen LogP contribution >= 0.6 is 0 Å². The third kappa shape index (κ3) is 5.02. The van der Waals surface area contributed by atoms with E-state index in [0.717, 1.165) is 21.9 Å². The van der Waals surface area contributed by atoms with Crippen LogP contribution in [0.1, 0.15) is 31.8 Å². The molecule has 0 bridgehead atoms. The molecule has 0 aliphatic heterocycles. The summed E-state index contributed by atoms with van der Waals surface area (Å²) in [6.07, 6.45) is 0. The molecule has 0 spiro atoms. The first-order valence-electron chi connectivity index (χ1n) is 12.7. The summed E-state index contributed by atoms with van der Waals surface area (Å²) in [7, 11) is 0. The van der Waals surface area contributed by atoms with Crippen LogP contribution in [-0.2, 0) is 13.1 Å². The van der Waals surface area contributed by atoms with Crippen LogP contribution in [0.4, 0.5) is 4.39 Å². The molecular weight excluding hydrogens is 507 g/mol. The number of halogens is 1. The van der Waals surface area contributed by atoms with Crippen molar-refractivity contribution in [3.63, 3.8) is 0 Å². The van der Waals surface area contributed by atoms with Gasteiger partial charge in [0.2, 0.25) is 0 Å². The summed E-state index contributed by atoms with van der Waals surface area (Å²) in [4.78, 5) is 24.7. The largest absolute Gasteiger partial charge is 0.478 e. The van der Waals surface area contributed by atoms with Gasteiger partial charge in [0.1, 0.15) is 16.9 Å². The molecule has 2 N–H and O–H groups in total. The second-order valence-corrected chi connectivity index (χ2v) is 9.52. The number of nitrogens with zero attached hydrogens (tertiary/aromatic N) is 3. The van der Waals surface area contributed by atoms with Crippen molar-refractivity contribution < 1.29 is 19.1 Å². The summed E-state index contributed by atoms with van der Waals surface area (Å²) in [5.41, 5.74) is 4.60. The van der Waals surface area contributed by atoms with E-state index >= 15 is 0 Å². The van der Waals surface area contributed by atoms with Crippen molar-refractivity contribution in [1.29, 1.82) is 0 Å². The SMILES string of the molecule is O=C(O)c1ccc(CNC(=O)c2cc(-c3cccc(F)c3)cc3nnn(Cc4ccc5ccccc5c4)c23)cc1. The number of aromatic nitrogens is 3. The van der Waals surface area contributed by atoms with Gasteiger partial charge < -0.3 is 10.4 Å². The zero-order valence-corrected chi connectivity index (χ0v) is 21.2. The first-order valence-corrected chi connectivity index (χ1v) is 12.7. The summed E-state index contributed by atoms with van der Waals surface area (Å²) in [5.74, 6) is -1.75. The average Bonchev–Trinajstić information content (AvgIpc) is 3.38. The summed E-state index contributed by atoms with van der Waals surface area (Å²) >= 11 is 0. The van der Waals surface area contributed by atoms with E-state index in [1.165, 1.54) is 24.3 Å². The van der Waals surface area contributed by atoms with Crippen LogP contribution in [0.5, 0.6) is 0 Å². The van der Waals surface area contributed by atoms with Gasteiger partial charge in [0.15, 0.2) is 0 Å². The van der Waals surface area contributed by atoms with Crippen molar-refractivity contribution in [2.24, 2.45) is 0 Å². The molecule has 0 radical (unpaired) electrons. The number of benzene rings is 5. The zero-order valence-electron chi connectivity index (χ0n) is 21.2. The monoisotopic (exact) mass is 530 g/mol. The highest BCUT2D eigenvalue weighted by molar-refractivity contribution is 6.06. The molecule has 196 valence electrons. The van der Waals surface area contributed by atoms with Crippen LogP contribution in [0.15, 0.2) is 103 Å². The number of carboxylic acid groups (broad SMARTS) is 1. The number of amides is 1. The second kappa shape index (κ2) is 10.4. The quantitative estimate of drug-likeness (QED) is 0.261. The predicted molar refractivity (Wildman–Crippen MR) is 151 cm³/mol. The molecular formula is C32H23FN4O3. The Balaban J connectivity index is 1.38. The lowest BCUT2D eigenvalue weighted by molar-refractivity contribution is 0.0696. The van der Waals surface area contributed by atoms with Gasteiger partial charge in [0.05, 0.1) is 17.7 Å². The maximum Gasteiger partial charge on any atom is 0.335 e. The molecule has 1 heterocycles. The van der Waals surface area contributed by atoms with E-state index in [0.29, 0.717) is 34.3 Å². The van der Waals surface area contributed by atoms with E-state index in [4.69, 9.17) is 5.11 Å². The smallest absolute Gasteiger partial charge is 0.335 e. The Labute approximate surface area is 228 Å². The molecule has 0 aliphatic carbocycles. The first kappa shape index (κ1) is 24.9. The van der Waals surface area contributed by atoms with Crippen molar-refractivity contribution in [2.75, 3.05) is 0 Å². The van der Waals surface area contributed by atoms with E-state index in [1.807, 2.05) is 24.3 Å². The molecule has 0 saturated carbocycles. The van der Waals surface area contributed by atoms with Crippen molar-refractivity contribution >= 4 is 33.7 Å². The highest BCUT2D eigenvalue weighted by atomic mass is 19.1. The lowest BCUT2D eigenvalue weighted by Gasteiger charge is -2.12. The van der Waals surface area contributed by atoms with Gasteiger partial charge in [-0.2, -0.15) is 0 Å². The Morgan fingerprint density at radius 2 is 1.57 bits per heavy atom. The molecule has 0 saturated heterocycles. The van der Waals surface area contributed by atoms with Crippen LogP contribution in [0.3, 0.4) is 0 Å². The van der Waals surface area contributed by atoms with E-state index in [2.05, 4.69) is 33.8 Å². The molecule has 0 fully saturated rings. The van der Waals surface area contributed by atoms with E-state index < -0.39 is 5.97 Å². The summed E-state index contributed by atoms with van der Waals surface area (Å²) in [6, 6.07) is 30.2. The lowest BCUT2D eigenvalue weighted by Crippen LogP contribution is -2.24. The van der Waals surface area contributed by atoms with Gasteiger partial charge in [0.25, 0.3) is 5.91 Å². The Bertz CT molecular complexity index is 1900. The molecule has 6 rings (SSSR count). The first-order chi connectivity index (χ1) is 19.4. The molecule has 1 aromatic heterocycles. The minimum Gasteiger partial charge on any atom is -0.478 e. The molecule has 6 aromatic rings. The normalized spacial score (nSPS) is 11.1. The molecule has 1 amide bonds. The summed E-state index contributed by atoms with van der Waals surface area (Å²) in [5, 5.41) is 23.0. The number of aromatic carboxylic acids is 1. The van der Waals surface area contributed by atoms with E-state index in [-0.39, 0.29) is 23.8 Å². The van der Waals surface area contributed by atoms with Crippen molar-refractivity contribution in [3.8, 4) is 11.1 Å². The minimum atomic E-state index is -1.01. The van der Waals surface area contributed by atoms with Gasteiger partial charge in [-0.3, -0.25) is 4.79 Å². The Morgan fingerprint density at radius 3 is 2.35 bits per heavy atom. The van der Waals surface area contributed by atoms with Crippen LogP contribution in [0.25, 0.3) is 32.9 Å². The number of nitrogens with one attached hydrogen (secondary N) is 1. The van der Waals surface area contributed by atoms with Crippen molar-refractivity contribution in [3.05, 3.63) is 131 Å². The second-order valence-electron chi connectivity index (χ2n) is 9.52. The van der Waals surface area contributed by atoms with Crippen LogP contribution in [-0.4, -0.2) is 32.0 Å². The van der Waals surface area contributed by atoms with Gasteiger partial charge >= 0.3 is 5.97 Å². The van der Waals surface area contributed by atoms with E-state index in [1.54, 1.807) is 41.1 Å². The molecule has 0 aliphatic rings. The third-order valence-electron chi connectivity index (χ3n) is 6.81. The molecule has 40 heavy (non-hydrogen) atoms. The minimum absolute atomic E-state index is 0.170. The fraction of sp³-hybridized carbons (Fsp3) is 0.0625. The molecule has 8 heteroatoms. The molecule has 0 atom stereocenters. The van der Waals surface area contributed by atoms with Crippen LogP contribution in [0.2, 0.25) is 0 Å². The Hall–Kier alpha value is -5.37. The fourth-order valence-electron chi connectivity index (χ4n) is 4.78. The molecule has 5 aromatic carbocycles. The highest BCUT2D eigenvalue weighted by Crippen LogP contribution is 2.28. The summed E-state index contributed by atoms with van der Waals surface area (Å²) < 4.78 is 15.7.